The number of nitrogens with zero attached hydrogens (tertiary/aromatic N) is 1. The third kappa shape index (κ3) is 2.56. The quantitative estimate of drug-likeness (QED) is 0.694. The lowest BCUT2D eigenvalue weighted by Gasteiger charge is -2.33. The van der Waals surface area contributed by atoms with Gasteiger partial charge >= 0.3 is 0 Å². The molecule has 3 heteroatoms. The van der Waals surface area contributed by atoms with E-state index >= 15 is 0 Å². The Kier molecular flexibility index (Phi) is 3.92. The molecule has 1 atom stereocenters. The van der Waals surface area contributed by atoms with E-state index in [9.17, 15) is 4.79 Å². The Hall–Kier alpha value is -2.81. The number of ether oxygens (including phenoxy) is 1. The van der Waals surface area contributed by atoms with Gasteiger partial charge in [-0.25, -0.2) is 0 Å². The van der Waals surface area contributed by atoms with Crippen molar-refractivity contribution in [2.45, 2.75) is 19.3 Å². The number of fused-ring (bicyclic) bond motifs is 3. The van der Waals surface area contributed by atoms with Crippen LogP contribution in [-0.4, -0.2) is 19.6 Å². The molecule has 1 heterocycles. The lowest BCUT2D eigenvalue weighted by molar-refractivity contribution is -0.118. The molecular weight excluding hydrogens is 310 g/mol. The van der Waals surface area contributed by atoms with Gasteiger partial charge in [0.05, 0.1) is 6.61 Å². The summed E-state index contributed by atoms with van der Waals surface area (Å²) < 4.78 is 5.85. The number of anilines is 1. The third-order valence-electron chi connectivity index (χ3n) is 5.00. The molecule has 0 saturated heterocycles. The maximum Gasteiger partial charge on any atom is 0.227 e. The van der Waals surface area contributed by atoms with Crippen LogP contribution < -0.4 is 9.64 Å². The van der Waals surface area contributed by atoms with Crippen LogP contribution in [0.1, 0.15) is 30.4 Å². The van der Waals surface area contributed by atoms with Gasteiger partial charge in [-0.2, -0.15) is 0 Å². The van der Waals surface area contributed by atoms with Crippen molar-refractivity contribution in [1.29, 1.82) is 0 Å². The predicted molar refractivity (Wildman–Crippen MR) is 101 cm³/mol. The summed E-state index contributed by atoms with van der Waals surface area (Å²) >= 11 is 0. The van der Waals surface area contributed by atoms with Crippen LogP contribution in [0, 0.1) is 0 Å². The van der Waals surface area contributed by atoms with Crippen molar-refractivity contribution >= 4 is 22.4 Å². The summed E-state index contributed by atoms with van der Waals surface area (Å²) in [6.07, 6.45) is 0.460. The van der Waals surface area contributed by atoms with E-state index in [1.165, 1.54) is 16.3 Å². The van der Waals surface area contributed by atoms with Crippen molar-refractivity contribution in [3.05, 3.63) is 71.8 Å². The van der Waals surface area contributed by atoms with Gasteiger partial charge in [0.15, 0.2) is 0 Å². The molecule has 4 rings (SSSR count). The Labute approximate surface area is 147 Å². The number of amides is 1. The number of rotatable bonds is 3. The fourth-order valence-electron chi connectivity index (χ4n) is 3.81. The van der Waals surface area contributed by atoms with E-state index in [2.05, 4.69) is 42.5 Å². The molecule has 1 aliphatic rings. The van der Waals surface area contributed by atoms with Crippen LogP contribution in [0.15, 0.2) is 60.7 Å². The topological polar surface area (TPSA) is 29.5 Å². The van der Waals surface area contributed by atoms with Gasteiger partial charge in [-0.3, -0.25) is 4.79 Å². The molecule has 25 heavy (non-hydrogen) atoms. The summed E-state index contributed by atoms with van der Waals surface area (Å²) in [5.41, 5.74) is 3.29. The maximum absolute atomic E-state index is 12.6. The van der Waals surface area contributed by atoms with Crippen molar-refractivity contribution in [3.8, 4) is 5.75 Å². The van der Waals surface area contributed by atoms with Gasteiger partial charge in [0.2, 0.25) is 5.91 Å². The Bertz CT molecular complexity index is 948. The zero-order valence-corrected chi connectivity index (χ0v) is 14.5. The van der Waals surface area contributed by atoms with Gasteiger partial charge in [-0.1, -0.05) is 48.5 Å². The van der Waals surface area contributed by atoms with E-state index in [1.807, 2.05) is 32.2 Å². The minimum absolute atomic E-state index is 0.00699. The number of benzene rings is 3. The third-order valence-corrected chi connectivity index (χ3v) is 5.00. The molecule has 1 amide bonds. The minimum atomic E-state index is 0.00699. The van der Waals surface area contributed by atoms with E-state index in [1.54, 1.807) is 4.90 Å². The van der Waals surface area contributed by atoms with Crippen LogP contribution in [0.4, 0.5) is 5.69 Å². The SMILES string of the molecule is CCOc1ccccc1C1CC(=O)N(C)c2ccc3ccccc3c21. The molecule has 0 bridgehead atoms. The molecule has 0 spiro atoms. The van der Waals surface area contributed by atoms with Gasteiger partial charge in [0.1, 0.15) is 5.75 Å². The molecule has 126 valence electrons. The smallest absolute Gasteiger partial charge is 0.227 e. The van der Waals surface area contributed by atoms with E-state index < -0.39 is 0 Å². The van der Waals surface area contributed by atoms with Crippen LogP contribution in [0.2, 0.25) is 0 Å². The van der Waals surface area contributed by atoms with Crippen molar-refractivity contribution in [3.63, 3.8) is 0 Å². The standard InChI is InChI=1S/C22H21NO2/c1-3-25-20-11-7-6-10-17(20)18-14-21(24)23(2)19-13-12-15-8-4-5-9-16(15)22(18)19/h4-13,18H,3,14H2,1-2H3. The van der Waals surface area contributed by atoms with E-state index in [0.717, 1.165) is 17.0 Å². The Balaban J connectivity index is 1.99. The van der Waals surface area contributed by atoms with Crippen LogP contribution in [-0.2, 0) is 4.79 Å². The Morgan fingerprint density at radius 2 is 1.80 bits per heavy atom. The number of hydrogen-bond acceptors (Lipinski definition) is 2. The Morgan fingerprint density at radius 3 is 2.64 bits per heavy atom. The van der Waals surface area contributed by atoms with Crippen molar-refractivity contribution in [2.24, 2.45) is 0 Å². The normalized spacial score (nSPS) is 16.8. The van der Waals surface area contributed by atoms with Crippen LogP contribution >= 0.6 is 0 Å². The van der Waals surface area contributed by atoms with E-state index in [-0.39, 0.29) is 11.8 Å². The van der Waals surface area contributed by atoms with E-state index in [4.69, 9.17) is 4.74 Å². The van der Waals surface area contributed by atoms with Gasteiger partial charge in [0.25, 0.3) is 0 Å². The Morgan fingerprint density at radius 1 is 1.04 bits per heavy atom. The van der Waals surface area contributed by atoms with Gasteiger partial charge in [0, 0.05) is 30.6 Å². The van der Waals surface area contributed by atoms with Crippen molar-refractivity contribution in [1.82, 2.24) is 0 Å². The molecule has 0 saturated carbocycles. The van der Waals surface area contributed by atoms with Crippen LogP contribution in [0.5, 0.6) is 5.75 Å². The fraction of sp³-hybridized carbons (Fsp3) is 0.227. The highest BCUT2D eigenvalue weighted by Crippen LogP contribution is 2.45. The first-order valence-corrected chi connectivity index (χ1v) is 8.70. The highest BCUT2D eigenvalue weighted by Gasteiger charge is 2.33. The molecular formula is C22H21NO2. The summed E-state index contributed by atoms with van der Waals surface area (Å²) in [6, 6.07) is 20.6. The number of para-hydroxylation sites is 1. The molecule has 0 aromatic heterocycles. The van der Waals surface area contributed by atoms with Gasteiger partial charge < -0.3 is 9.64 Å². The summed E-state index contributed by atoms with van der Waals surface area (Å²) in [4.78, 5) is 14.4. The molecule has 3 aromatic rings. The van der Waals surface area contributed by atoms with Gasteiger partial charge in [-0.15, -0.1) is 0 Å². The predicted octanol–water partition coefficient (Wildman–Crippen LogP) is 4.74. The monoisotopic (exact) mass is 331 g/mol. The molecule has 0 radical (unpaired) electrons. The largest absolute Gasteiger partial charge is 0.494 e. The maximum atomic E-state index is 12.6. The fourth-order valence-corrected chi connectivity index (χ4v) is 3.81. The first-order chi connectivity index (χ1) is 12.2. The zero-order chi connectivity index (χ0) is 17.4. The molecule has 0 fully saturated rings. The van der Waals surface area contributed by atoms with Crippen LogP contribution in [0.25, 0.3) is 10.8 Å². The van der Waals surface area contributed by atoms with Gasteiger partial charge in [-0.05, 0) is 35.4 Å². The molecule has 0 N–H and O–H groups in total. The second-order valence-electron chi connectivity index (χ2n) is 6.40. The minimum Gasteiger partial charge on any atom is -0.494 e. The summed E-state index contributed by atoms with van der Waals surface area (Å²) in [5, 5.41) is 2.40. The van der Waals surface area contributed by atoms with Crippen molar-refractivity contribution < 1.29 is 9.53 Å². The second-order valence-corrected chi connectivity index (χ2v) is 6.40. The van der Waals surface area contributed by atoms with Crippen LogP contribution in [0.3, 0.4) is 0 Å². The van der Waals surface area contributed by atoms with E-state index in [0.29, 0.717) is 13.0 Å². The second kappa shape index (κ2) is 6.25. The molecule has 1 aliphatic heterocycles. The highest BCUT2D eigenvalue weighted by atomic mass is 16.5. The molecule has 1 unspecified atom stereocenters. The summed E-state index contributed by atoms with van der Waals surface area (Å²) in [6.45, 7) is 2.60. The first kappa shape index (κ1) is 15.7. The van der Waals surface area contributed by atoms with Crippen molar-refractivity contribution in [2.75, 3.05) is 18.6 Å². The first-order valence-electron chi connectivity index (χ1n) is 8.70. The number of carbonyl (C=O) groups is 1. The summed E-state index contributed by atoms with van der Waals surface area (Å²) in [5.74, 6) is 1.01. The lowest BCUT2D eigenvalue weighted by atomic mass is 9.81. The number of hydrogen-bond donors (Lipinski definition) is 0. The summed E-state index contributed by atoms with van der Waals surface area (Å²) in [7, 11) is 1.86. The zero-order valence-electron chi connectivity index (χ0n) is 14.5. The average Bonchev–Trinajstić information content (AvgIpc) is 2.65. The molecule has 0 aliphatic carbocycles. The highest BCUT2D eigenvalue weighted by molar-refractivity contribution is 6.03. The lowest BCUT2D eigenvalue weighted by Crippen LogP contribution is -2.33. The number of carbonyl (C=O) groups excluding carboxylic acids is 1. The average molecular weight is 331 g/mol. The molecule has 3 aromatic carbocycles. The molecule has 3 nitrogen and oxygen atoms in total.